The summed E-state index contributed by atoms with van der Waals surface area (Å²) in [5, 5.41) is 3.24. The van der Waals surface area contributed by atoms with Crippen LogP contribution in [0.4, 0.5) is 0 Å². The van der Waals surface area contributed by atoms with Crippen molar-refractivity contribution >= 4 is 5.91 Å². The Kier molecular flexibility index (Phi) is 5.77. The molecule has 1 aliphatic carbocycles. The Balaban J connectivity index is 1.58. The summed E-state index contributed by atoms with van der Waals surface area (Å²) in [6.45, 7) is 7.61. The van der Waals surface area contributed by atoms with Crippen molar-refractivity contribution in [1.29, 1.82) is 0 Å². The summed E-state index contributed by atoms with van der Waals surface area (Å²) in [4.78, 5) is 17.3. The number of benzene rings is 1. The van der Waals surface area contributed by atoms with Gasteiger partial charge in [-0.3, -0.25) is 14.6 Å². The molecule has 1 aromatic carbocycles. The molecule has 0 aromatic heterocycles. The van der Waals surface area contributed by atoms with Gasteiger partial charge >= 0.3 is 0 Å². The van der Waals surface area contributed by atoms with Gasteiger partial charge in [-0.2, -0.15) is 0 Å². The molecular weight excluding hydrogens is 314 g/mol. The maximum Gasteiger partial charge on any atom is 0.241 e. The quantitative estimate of drug-likeness (QED) is 0.819. The van der Waals surface area contributed by atoms with Crippen LogP contribution in [0.25, 0.3) is 0 Å². The van der Waals surface area contributed by atoms with Crippen LogP contribution in [0.3, 0.4) is 0 Å². The summed E-state index contributed by atoms with van der Waals surface area (Å²) in [6, 6.07) is 7.99. The van der Waals surface area contributed by atoms with Gasteiger partial charge in [-0.15, -0.1) is 0 Å². The molecule has 0 radical (unpaired) electrons. The van der Waals surface area contributed by atoms with Crippen LogP contribution in [0.5, 0.6) is 0 Å². The van der Waals surface area contributed by atoms with E-state index < -0.39 is 0 Å². The molecule has 25 heavy (non-hydrogen) atoms. The van der Waals surface area contributed by atoms with E-state index in [9.17, 15) is 4.79 Å². The lowest BCUT2D eigenvalue weighted by atomic mass is 10.0. The summed E-state index contributed by atoms with van der Waals surface area (Å²) in [7, 11) is 3.93. The van der Waals surface area contributed by atoms with Gasteiger partial charge in [0.2, 0.25) is 5.91 Å². The van der Waals surface area contributed by atoms with E-state index in [1.165, 1.54) is 18.4 Å². The zero-order valence-electron chi connectivity index (χ0n) is 15.8. The number of rotatable bonds is 7. The average Bonchev–Trinajstić information content (AvgIpc) is 3.34. The second kappa shape index (κ2) is 7.85. The van der Waals surface area contributed by atoms with Crippen LogP contribution in [0.15, 0.2) is 24.3 Å². The van der Waals surface area contributed by atoms with Crippen molar-refractivity contribution < 1.29 is 9.53 Å². The van der Waals surface area contributed by atoms with Crippen LogP contribution >= 0.6 is 0 Å². The topological polar surface area (TPSA) is 44.8 Å². The molecule has 2 aliphatic rings. The van der Waals surface area contributed by atoms with E-state index in [1.54, 1.807) is 0 Å². The maximum atomic E-state index is 12.9. The number of hydrogen-bond donors (Lipinski definition) is 1. The van der Waals surface area contributed by atoms with Gasteiger partial charge in [-0.05, 0) is 39.4 Å². The van der Waals surface area contributed by atoms with Crippen LogP contribution in [0.1, 0.15) is 30.0 Å². The molecule has 1 heterocycles. The zero-order valence-corrected chi connectivity index (χ0v) is 15.8. The Hall–Kier alpha value is -1.43. The van der Waals surface area contributed by atoms with E-state index in [0.717, 1.165) is 45.0 Å². The molecule has 0 unspecified atom stereocenters. The van der Waals surface area contributed by atoms with Gasteiger partial charge in [0.1, 0.15) is 6.04 Å². The minimum absolute atomic E-state index is 0.101. The van der Waals surface area contributed by atoms with Crippen molar-refractivity contribution in [3.8, 4) is 0 Å². The molecule has 0 spiro atoms. The number of amides is 1. The zero-order chi connectivity index (χ0) is 17.9. The fourth-order valence-electron chi connectivity index (χ4n) is 3.70. The number of carbonyl (C=O) groups excluding carboxylic acids is 1. The molecule has 138 valence electrons. The number of hydrogen-bond acceptors (Lipinski definition) is 4. The normalized spacial score (nSPS) is 21.1. The molecule has 1 N–H and O–H groups in total. The van der Waals surface area contributed by atoms with Crippen molar-refractivity contribution in [2.24, 2.45) is 5.41 Å². The smallest absolute Gasteiger partial charge is 0.241 e. The number of nitrogens with zero attached hydrogens (tertiary/aromatic N) is 2. The van der Waals surface area contributed by atoms with Crippen LogP contribution in [0.2, 0.25) is 0 Å². The standard InChI is InChI=1S/C20H31N3O2/c1-16-5-4-6-17(13-16)18(22(2)3)19(24)21-14-20(7-8-20)15-23-9-11-25-12-10-23/h4-6,13,18H,7-12,14-15H2,1-3H3,(H,21,24)/t18-/m1/s1. The lowest BCUT2D eigenvalue weighted by Gasteiger charge is -2.31. The van der Waals surface area contributed by atoms with Gasteiger partial charge in [0.05, 0.1) is 13.2 Å². The fourth-order valence-corrected chi connectivity index (χ4v) is 3.70. The molecule has 1 aliphatic heterocycles. The minimum Gasteiger partial charge on any atom is -0.379 e. The van der Waals surface area contributed by atoms with Crippen LogP contribution in [-0.2, 0) is 9.53 Å². The van der Waals surface area contributed by atoms with E-state index in [-0.39, 0.29) is 17.4 Å². The van der Waals surface area contributed by atoms with Gasteiger partial charge in [0.15, 0.2) is 0 Å². The average molecular weight is 345 g/mol. The van der Waals surface area contributed by atoms with E-state index in [0.29, 0.717) is 0 Å². The highest BCUT2D eigenvalue weighted by Crippen LogP contribution is 2.45. The number of carbonyl (C=O) groups is 1. The highest BCUT2D eigenvalue weighted by atomic mass is 16.5. The van der Waals surface area contributed by atoms with Gasteiger partial charge in [-0.1, -0.05) is 29.8 Å². The van der Waals surface area contributed by atoms with E-state index in [4.69, 9.17) is 4.74 Å². The minimum atomic E-state index is -0.237. The first kappa shape index (κ1) is 18.4. The summed E-state index contributed by atoms with van der Waals surface area (Å²) in [5.41, 5.74) is 2.51. The molecule has 1 atom stereocenters. The fraction of sp³-hybridized carbons (Fsp3) is 0.650. The highest BCUT2D eigenvalue weighted by Gasteiger charge is 2.44. The highest BCUT2D eigenvalue weighted by molar-refractivity contribution is 5.83. The third-order valence-electron chi connectivity index (χ3n) is 5.38. The van der Waals surface area contributed by atoms with Crippen LogP contribution in [-0.4, -0.2) is 69.2 Å². The first-order chi connectivity index (χ1) is 12.0. The molecule has 5 heteroatoms. The lowest BCUT2D eigenvalue weighted by molar-refractivity contribution is -0.126. The Morgan fingerprint density at radius 3 is 2.64 bits per heavy atom. The molecule has 2 fully saturated rings. The monoisotopic (exact) mass is 345 g/mol. The van der Waals surface area contributed by atoms with Crippen molar-refractivity contribution in [3.63, 3.8) is 0 Å². The number of ether oxygens (including phenoxy) is 1. The molecular formula is C20H31N3O2. The number of aryl methyl sites for hydroxylation is 1. The lowest BCUT2D eigenvalue weighted by Crippen LogP contribution is -2.45. The van der Waals surface area contributed by atoms with Crippen molar-refractivity contribution in [1.82, 2.24) is 15.1 Å². The molecule has 0 bridgehead atoms. The summed E-state index contributed by atoms with van der Waals surface area (Å²) in [5.74, 6) is 0.101. The van der Waals surface area contributed by atoms with Crippen LogP contribution < -0.4 is 5.32 Å². The first-order valence-electron chi connectivity index (χ1n) is 9.30. The molecule has 1 aromatic rings. The predicted octanol–water partition coefficient (Wildman–Crippen LogP) is 1.83. The van der Waals surface area contributed by atoms with Gasteiger partial charge < -0.3 is 10.1 Å². The van der Waals surface area contributed by atoms with Crippen LogP contribution in [0, 0.1) is 12.3 Å². The van der Waals surface area contributed by atoms with E-state index in [1.807, 2.05) is 31.1 Å². The third-order valence-corrected chi connectivity index (χ3v) is 5.38. The van der Waals surface area contributed by atoms with Gasteiger partial charge in [0, 0.05) is 31.6 Å². The Labute approximate surface area is 151 Å². The van der Waals surface area contributed by atoms with E-state index >= 15 is 0 Å². The molecule has 1 saturated carbocycles. The molecule has 1 saturated heterocycles. The molecule has 1 amide bonds. The summed E-state index contributed by atoms with van der Waals surface area (Å²) in [6.07, 6.45) is 2.42. The van der Waals surface area contributed by atoms with Gasteiger partial charge in [-0.25, -0.2) is 0 Å². The third kappa shape index (κ3) is 4.81. The SMILES string of the molecule is Cc1cccc([C@H](C(=O)NCC2(CN3CCOCC3)CC2)N(C)C)c1. The molecule has 3 rings (SSSR count). The Bertz CT molecular complexity index is 592. The Morgan fingerprint density at radius 2 is 2.04 bits per heavy atom. The second-order valence-electron chi connectivity index (χ2n) is 7.89. The van der Waals surface area contributed by atoms with Crippen molar-refractivity contribution in [3.05, 3.63) is 35.4 Å². The summed E-state index contributed by atoms with van der Waals surface area (Å²) < 4.78 is 5.43. The first-order valence-corrected chi connectivity index (χ1v) is 9.30. The second-order valence-corrected chi connectivity index (χ2v) is 7.89. The number of likely N-dealkylation sites (N-methyl/N-ethyl adjacent to an activating group) is 1. The van der Waals surface area contributed by atoms with Crippen molar-refractivity contribution in [2.75, 3.05) is 53.5 Å². The van der Waals surface area contributed by atoms with Gasteiger partial charge in [0.25, 0.3) is 0 Å². The molecule has 5 nitrogen and oxygen atoms in total. The predicted molar refractivity (Wildman–Crippen MR) is 99.5 cm³/mol. The summed E-state index contributed by atoms with van der Waals surface area (Å²) >= 11 is 0. The van der Waals surface area contributed by atoms with E-state index in [2.05, 4.69) is 29.3 Å². The largest absolute Gasteiger partial charge is 0.379 e. The number of nitrogens with one attached hydrogen (secondary N) is 1. The Morgan fingerprint density at radius 1 is 1.32 bits per heavy atom. The maximum absolute atomic E-state index is 12.9. The number of morpholine rings is 1. The van der Waals surface area contributed by atoms with Crippen molar-refractivity contribution in [2.45, 2.75) is 25.8 Å².